The highest BCUT2D eigenvalue weighted by atomic mass is 32.1. The van der Waals surface area contributed by atoms with Crippen LogP contribution in [0.1, 0.15) is 26.5 Å². The van der Waals surface area contributed by atoms with E-state index in [1.54, 1.807) is 11.8 Å². The Balaban J connectivity index is 1.78. The standard InChI is InChI=1S/C18H23N3O2S/c1-13-14(2)23-10-9-20(13)11-16-12-24-18(19-16)21(15(3)22)17-7-5-4-6-8-17/h4-8,12-14H,9-11H2,1-3H3/t13-,14-/m1/s1. The molecule has 2 atom stereocenters. The van der Waals surface area contributed by atoms with Gasteiger partial charge in [-0.1, -0.05) is 18.2 Å². The van der Waals surface area contributed by atoms with Gasteiger partial charge in [-0.15, -0.1) is 11.3 Å². The van der Waals surface area contributed by atoms with Crippen molar-refractivity contribution in [3.8, 4) is 0 Å². The van der Waals surface area contributed by atoms with Gasteiger partial charge in [-0.05, 0) is 26.0 Å². The number of benzene rings is 1. The fourth-order valence-corrected chi connectivity index (χ4v) is 3.78. The zero-order valence-corrected chi connectivity index (χ0v) is 15.1. The molecule has 1 aliphatic heterocycles. The second-order valence-electron chi connectivity index (χ2n) is 6.10. The lowest BCUT2D eigenvalue weighted by Crippen LogP contribution is -2.47. The minimum Gasteiger partial charge on any atom is -0.376 e. The molecular formula is C18H23N3O2S. The summed E-state index contributed by atoms with van der Waals surface area (Å²) in [5.41, 5.74) is 1.84. The Hall–Kier alpha value is -1.76. The molecule has 0 N–H and O–H groups in total. The molecule has 24 heavy (non-hydrogen) atoms. The molecule has 6 heteroatoms. The normalized spacial score (nSPS) is 21.6. The van der Waals surface area contributed by atoms with Crippen molar-refractivity contribution in [1.29, 1.82) is 0 Å². The second kappa shape index (κ2) is 7.42. The maximum absolute atomic E-state index is 12.1. The van der Waals surface area contributed by atoms with Gasteiger partial charge in [-0.3, -0.25) is 14.6 Å². The molecule has 1 aliphatic rings. The van der Waals surface area contributed by atoms with Gasteiger partial charge in [-0.25, -0.2) is 4.98 Å². The van der Waals surface area contributed by atoms with Gasteiger partial charge in [0.25, 0.3) is 0 Å². The first-order valence-corrected chi connectivity index (χ1v) is 9.10. The number of carbonyl (C=O) groups is 1. The second-order valence-corrected chi connectivity index (χ2v) is 6.93. The maximum atomic E-state index is 12.1. The topological polar surface area (TPSA) is 45.7 Å². The van der Waals surface area contributed by atoms with E-state index in [9.17, 15) is 4.79 Å². The van der Waals surface area contributed by atoms with Crippen molar-refractivity contribution in [2.75, 3.05) is 18.1 Å². The first-order valence-electron chi connectivity index (χ1n) is 8.22. The molecule has 0 radical (unpaired) electrons. The fourth-order valence-electron chi connectivity index (χ4n) is 2.90. The van der Waals surface area contributed by atoms with Crippen LogP contribution in [0, 0.1) is 0 Å². The summed E-state index contributed by atoms with van der Waals surface area (Å²) in [6.45, 7) is 8.31. The summed E-state index contributed by atoms with van der Waals surface area (Å²) in [7, 11) is 0. The van der Waals surface area contributed by atoms with Gasteiger partial charge in [0.15, 0.2) is 5.13 Å². The molecule has 1 saturated heterocycles. The van der Waals surface area contributed by atoms with Crippen molar-refractivity contribution in [1.82, 2.24) is 9.88 Å². The molecule has 128 valence electrons. The third-order valence-electron chi connectivity index (χ3n) is 4.44. The Morgan fingerprint density at radius 3 is 2.83 bits per heavy atom. The van der Waals surface area contributed by atoms with Crippen molar-refractivity contribution in [3.63, 3.8) is 0 Å². The van der Waals surface area contributed by atoms with Crippen LogP contribution in [0.25, 0.3) is 0 Å². The summed E-state index contributed by atoms with van der Waals surface area (Å²) < 4.78 is 5.68. The molecular weight excluding hydrogens is 322 g/mol. The van der Waals surface area contributed by atoms with Crippen LogP contribution < -0.4 is 4.90 Å². The van der Waals surface area contributed by atoms with Crippen LogP contribution in [-0.4, -0.2) is 41.1 Å². The minimum atomic E-state index is -0.0320. The molecule has 0 spiro atoms. The number of anilines is 2. The molecule has 0 saturated carbocycles. The zero-order valence-electron chi connectivity index (χ0n) is 14.3. The quantitative estimate of drug-likeness (QED) is 0.852. The Morgan fingerprint density at radius 1 is 1.38 bits per heavy atom. The Bertz CT molecular complexity index is 689. The summed E-state index contributed by atoms with van der Waals surface area (Å²) in [5.74, 6) is -0.0320. The number of amides is 1. The predicted molar refractivity (Wildman–Crippen MR) is 96.7 cm³/mol. The molecule has 0 aliphatic carbocycles. The highest BCUT2D eigenvalue weighted by Crippen LogP contribution is 2.29. The van der Waals surface area contributed by atoms with E-state index < -0.39 is 0 Å². The lowest BCUT2D eigenvalue weighted by Gasteiger charge is -2.37. The average molecular weight is 345 g/mol. The predicted octanol–water partition coefficient (Wildman–Crippen LogP) is 3.44. The van der Waals surface area contributed by atoms with Crippen molar-refractivity contribution >= 4 is 28.1 Å². The molecule has 5 nitrogen and oxygen atoms in total. The molecule has 1 fully saturated rings. The van der Waals surface area contributed by atoms with Gasteiger partial charge in [0.1, 0.15) is 0 Å². The van der Waals surface area contributed by atoms with Gasteiger partial charge in [0.2, 0.25) is 5.91 Å². The Morgan fingerprint density at radius 2 is 2.12 bits per heavy atom. The number of thiazole rings is 1. The van der Waals surface area contributed by atoms with E-state index in [2.05, 4.69) is 18.7 Å². The highest BCUT2D eigenvalue weighted by Gasteiger charge is 2.26. The van der Waals surface area contributed by atoms with E-state index in [1.807, 2.05) is 35.7 Å². The van der Waals surface area contributed by atoms with Gasteiger partial charge in [0.05, 0.1) is 24.1 Å². The fraction of sp³-hybridized carbons (Fsp3) is 0.444. The number of para-hydroxylation sites is 1. The number of nitrogens with zero attached hydrogens (tertiary/aromatic N) is 3. The number of ether oxygens (including phenoxy) is 1. The van der Waals surface area contributed by atoms with Crippen LogP contribution in [0.15, 0.2) is 35.7 Å². The summed E-state index contributed by atoms with van der Waals surface area (Å²) in [4.78, 5) is 20.9. The van der Waals surface area contributed by atoms with E-state index in [0.717, 1.165) is 36.2 Å². The Labute approximate surface area is 146 Å². The molecule has 1 aromatic carbocycles. The molecule has 1 aromatic heterocycles. The van der Waals surface area contributed by atoms with Gasteiger partial charge in [0, 0.05) is 31.4 Å². The summed E-state index contributed by atoms with van der Waals surface area (Å²) in [6, 6.07) is 10.0. The van der Waals surface area contributed by atoms with Gasteiger partial charge < -0.3 is 4.74 Å². The van der Waals surface area contributed by atoms with Crippen molar-refractivity contribution in [2.45, 2.75) is 39.5 Å². The van der Waals surface area contributed by atoms with Crippen LogP contribution in [0.4, 0.5) is 10.8 Å². The molecule has 2 aromatic rings. The molecule has 2 heterocycles. The zero-order chi connectivity index (χ0) is 17.1. The molecule has 0 bridgehead atoms. The van der Waals surface area contributed by atoms with Gasteiger partial charge >= 0.3 is 0 Å². The van der Waals surface area contributed by atoms with Gasteiger partial charge in [-0.2, -0.15) is 0 Å². The first kappa shape index (κ1) is 17.1. The minimum absolute atomic E-state index is 0.0320. The SMILES string of the molecule is CC(=O)N(c1ccccc1)c1nc(CN2CCO[C@H](C)[C@H]2C)cs1. The molecule has 1 amide bonds. The van der Waals surface area contributed by atoms with Crippen molar-refractivity contribution in [2.24, 2.45) is 0 Å². The van der Waals surface area contributed by atoms with E-state index in [1.165, 1.54) is 11.3 Å². The molecule has 3 rings (SSSR count). The highest BCUT2D eigenvalue weighted by molar-refractivity contribution is 7.14. The summed E-state index contributed by atoms with van der Waals surface area (Å²) in [5, 5.41) is 2.76. The van der Waals surface area contributed by atoms with Crippen molar-refractivity contribution in [3.05, 3.63) is 41.4 Å². The average Bonchev–Trinajstić information content (AvgIpc) is 3.01. The van der Waals surface area contributed by atoms with E-state index in [0.29, 0.717) is 6.04 Å². The van der Waals surface area contributed by atoms with Crippen LogP contribution in [-0.2, 0) is 16.1 Å². The number of aromatic nitrogens is 1. The van der Waals surface area contributed by atoms with E-state index >= 15 is 0 Å². The lowest BCUT2D eigenvalue weighted by atomic mass is 10.1. The van der Waals surface area contributed by atoms with E-state index in [4.69, 9.17) is 9.72 Å². The summed E-state index contributed by atoms with van der Waals surface area (Å²) in [6.07, 6.45) is 0.231. The third-order valence-corrected chi connectivity index (χ3v) is 5.31. The van der Waals surface area contributed by atoms with Crippen LogP contribution in [0.2, 0.25) is 0 Å². The number of carbonyl (C=O) groups excluding carboxylic acids is 1. The number of hydrogen-bond acceptors (Lipinski definition) is 5. The van der Waals surface area contributed by atoms with Crippen LogP contribution >= 0.6 is 11.3 Å². The first-order chi connectivity index (χ1) is 11.6. The largest absolute Gasteiger partial charge is 0.376 e. The maximum Gasteiger partial charge on any atom is 0.230 e. The monoisotopic (exact) mass is 345 g/mol. The van der Waals surface area contributed by atoms with Crippen LogP contribution in [0.5, 0.6) is 0 Å². The lowest BCUT2D eigenvalue weighted by molar-refractivity contribution is -0.115. The molecule has 0 unspecified atom stereocenters. The van der Waals surface area contributed by atoms with Crippen molar-refractivity contribution < 1.29 is 9.53 Å². The number of rotatable bonds is 4. The van der Waals surface area contributed by atoms with Crippen LogP contribution in [0.3, 0.4) is 0 Å². The third kappa shape index (κ3) is 3.66. The Kier molecular flexibility index (Phi) is 5.28. The summed E-state index contributed by atoms with van der Waals surface area (Å²) >= 11 is 1.51. The number of morpholine rings is 1. The number of hydrogen-bond donors (Lipinski definition) is 0. The van der Waals surface area contributed by atoms with E-state index in [-0.39, 0.29) is 12.0 Å². The smallest absolute Gasteiger partial charge is 0.230 e.